The average molecular weight is 441 g/mol. The molecule has 2 amide bonds. The molecular weight excluding hydrogens is 412 g/mol. The highest BCUT2D eigenvalue weighted by atomic mass is 35.5. The summed E-state index contributed by atoms with van der Waals surface area (Å²) in [7, 11) is 0. The zero-order valence-electron chi connectivity index (χ0n) is 17.7. The van der Waals surface area contributed by atoms with Crippen molar-refractivity contribution in [3.05, 3.63) is 70.7 Å². The molecule has 2 fully saturated rings. The minimum Gasteiger partial charge on any atom is -0.448 e. The van der Waals surface area contributed by atoms with E-state index in [2.05, 4.69) is 35.6 Å². The van der Waals surface area contributed by atoms with Gasteiger partial charge in [0.25, 0.3) is 0 Å². The zero-order chi connectivity index (χ0) is 21.7. The lowest BCUT2D eigenvalue weighted by molar-refractivity contribution is -0.132. The number of benzene rings is 2. The number of hydrogen-bond donors (Lipinski definition) is 1. The molecule has 31 heavy (non-hydrogen) atoms. The van der Waals surface area contributed by atoms with E-state index in [9.17, 15) is 9.59 Å². The lowest BCUT2D eigenvalue weighted by atomic mass is 9.73. The van der Waals surface area contributed by atoms with Gasteiger partial charge in [0, 0.05) is 23.5 Å². The smallest absolute Gasteiger partial charge is 0.407 e. The Kier molecular flexibility index (Phi) is 6.81. The number of ether oxygens (including phenoxy) is 1. The van der Waals surface area contributed by atoms with E-state index in [0.29, 0.717) is 30.5 Å². The molecule has 164 valence electrons. The van der Waals surface area contributed by atoms with Crippen LogP contribution in [0.15, 0.2) is 54.6 Å². The minimum absolute atomic E-state index is 0.0640. The second kappa shape index (κ2) is 9.73. The van der Waals surface area contributed by atoms with Gasteiger partial charge in [-0.15, -0.1) is 0 Å². The van der Waals surface area contributed by atoms with Gasteiger partial charge in [0.1, 0.15) is 6.61 Å². The molecule has 5 nitrogen and oxygen atoms in total. The quantitative estimate of drug-likeness (QED) is 0.664. The third kappa shape index (κ3) is 5.21. The van der Waals surface area contributed by atoms with Gasteiger partial charge in [0.2, 0.25) is 5.91 Å². The Morgan fingerprint density at radius 3 is 2.48 bits per heavy atom. The minimum atomic E-state index is -0.469. The SMILES string of the molecule is O=C(NCc1ccc(Cl)cc1)OCCN1C(=O)CCC12CCC(c1ccccc1)CC2. The van der Waals surface area contributed by atoms with Crippen LogP contribution in [0, 0.1) is 0 Å². The fraction of sp³-hybridized carbons (Fsp3) is 0.440. The Bertz CT molecular complexity index is 893. The van der Waals surface area contributed by atoms with Gasteiger partial charge in [-0.1, -0.05) is 54.1 Å². The molecule has 1 saturated carbocycles. The maximum absolute atomic E-state index is 12.6. The maximum Gasteiger partial charge on any atom is 0.407 e. The highest BCUT2D eigenvalue weighted by molar-refractivity contribution is 6.30. The molecule has 0 unspecified atom stereocenters. The normalized spacial score (nSPS) is 23.2. The number of nitrogens with zero attached hydrogens (tertiary/aromatic N) is 1. The Hall–Kier alpha value is -2.53. The van der Waals surface area contributed by atoms with E-state index < -0.39 is 6.09 Å². The van der Waals surface area contributed by atoms with Crippen LogP contribution in [0.2, 0.25) is 5.02 Å². The van der Waals surface area contributed by atoms with Crippen LogP contribution >= 0.6 is 11.6 Å². The molecule has 2 aromatic carbocycles. The number of alkyl carbamates (subject to hydrolysis) is 1. The van der Waals surface area contributed by atoms with Crippen LogP contribution in [-0.4, -0.2) is 35.6 Å². The van der Waals surface area contributed by atoms with Crippen LogP contribution in [-0.2, 0) is 16.1 Å². The molecule has 0 atom stereocenters. The third-order valence-electron chi connectivity index (χ3n) is 6.76. The Morgan fingerprint density at radius 1 is 1.06 bits per heavy atom. The molecule has 1 aliphatic carbocycles. The monoisotopic (exact) mass is 440 g/mol. The van der Waals surface area contributed by atoms with Gasteiger partial charge in [-0.25, -0.2) is 4.79 Å². The fourth-order valence-corrected chi connectivity index (χ4v) is 5.15. The molecule has 6 heteroatoms. The molecule has 1 heterocycles. The number of rotatable bonds is 6. The van der Waals surface area contributed by atoms with E-state index in [1.54, 1.807) is 12.1 Å². The molecule has 0 radical (unpaired) electrons. The standard InChI is InChI=1S/C25H29ClN2O3/c26-22-8-6-19(7-9-22)18-27-24(30)31-17-16-28-23(29)12-15-25(28)13-10-21(11-14-25)20-4-2-1-3-5-20/h1-9,21H,10-18H2,(H,27,30). The molecule has 1 spiro atoms. The first-order chi connectivity index (χ1) is 15.1. The van der Waals surface area contributed by atoms with Gasteiger partial charge in [0.15, 0.2) is 0 Å². The second-order valence-corrected chi connectivity index (χ2v) is 9.01. The molecule has 2 aliphatic rings. The van der Waals surface area contributed by atoms with Gasteiger partial charge in [-0.3, -0.25) is 4.79 Å². The van der Waals surface area contributed by atoms with Crippen molar-refractivity contribution < 1.29 is 14.3 Å². The molecule has 1 N–H and O–H groups in total. The van der Waals surface area contributed by atoms with E-state index in [-0.39, 0.29) is 18.1 Å². The number of halogens is 1. The number of amides is 2. The van der Waals surface area contributed by atoms with Gasteiger partial charge >= 0.3 is 6.09 Å². The Balaban J connectivity index is 1.25. The summed E-state index contributed by atoms with van der Waals surface area (Å²) in [5.74, 6) is 0.752. The van der Waals surface area contributed by atoms with Gasteiger partial charge < -0.3 is 15.0 Å². The molecule has 0 aromatic heterocycles. The van der Waals surface area contributed by atoms with Crippen molar-refractivity contribution in [3.63, 3.8) is 0 Å². The third-order valence-corrected chi connectivity index (χ3v) is 7.02. The largest absolute Gasteiger partial charge is 0.448 e. The first-order valence-electron chi connectivity index (χ1n) is 11.1. The molecule has 0 bridgehead atoms. The lowest BCUT2D eigenvalue weighted by Crippen LogP contribution is -2.49. The summed E-state index contributed by atoms with van der Waals surface area (Å²) in [6.45, 7) is 1.05. The van der Waals surface area contributed by atoms with Crippen LogP contribution in [0.3, 0.4) is 0 Å². The summed E-state index contributed by atoms with van der Waals surface area (Å²) in [5, 5.41) is 3.40. The number of carbonyl (C=O) groups excluding carboxylic acids is 2. The number of likely N-dealkylation sites (tertiary alicyclic amines) is 1. The molecule has 1 aliphatic heterocycles. The van der Waals surface area contributed by atoms with Crippen LogP contribution in [0.1, 0.15) is 55.6 Å². The molecular formula is C25H29ClN2O3. The van der Waals surface area contributed by atoms with E-state index in [4.69, 9.17) is 16.3 Å². The summed E-state index contributed by atoms with van der Waals surface area (Å²) in [4.78, 5) is 26.6. The first-order valence-corrected chi connectivity index (χ1v) is 11.4. The summed E-state index contributed by atoms with van der Waals surface area (Å²) in [5.41, 5.74) is 2.28. The summed E-state index contributed by atoms with van der Waals surface area (Å²) in [6, 6.07) is 18.0. The van der Waals surface area contributed by atoms with Crippen molar-refractivity contribution in [1.29, 1.82) is 0 Å². The number of carbonyl (C=O) groups is 2. The molecule has 2 aromatic rings. The Labute approximate surface area is 188 Å². The van der Waals surface area contributed by atoms with E-state index in [1.165, 1.54) is 5.56 Å². The van der Waals surface area contributed by atoms with E-state index >= 15 is 0 Å². The van der Waals surface area contributed by atoms with Gasteiger partial charge in [0.05, 0.1) is 6.54 Å². The van der Waals surface area contributed by atoms with Crippen LogP contribution in [0.5, 0.6) is 0 Å². The van der Waals surface area contributed by atoms with Crippen molar-refractivity contribution in [2.75, 3.05) is 13.2 Å². The Morgan fingerprint density at radius 2 is 1.77 bits per heavy atom. The zero-order valence-corrected chi connectivity index (χ0v) is 18.4. The average Bonchev–Trinajstić information content (AvgIpc) is 3.09. The van der Waals surface area contributed by atoms with Crippen molar-refractivity contribution in [2.24, 2.45) is 0 Å². The molecule has 1 saturated heterocycles. The molecule has 4 rings (SSSR count). The predicted octanol–water partition coefficient (Wildman–Crippen LogP) is 5.29. The highest BCUT2D eigenvalue weighted by Gasteiger charge is 2.46. The maximum atomic E-state index is 12.6. The van der Waals surface area contributed by atoms with Crippen molar-refractivity contribution in [3.8, 4) is 0 Å². The van der Waals surface area contributed by atoms with Crippen LogP contribution < -0.4 is 5.32 Å². The first kappa shape index (κ1) is 21.7. The highest BCUT2D eigenvalue weighted by Crippen LogP contribution is 2.46. The van der Waals surface area contributed by atoms with Crippen LogP contribution in [0.25, 0.3) is 0 Å². The predicted molar refractivity (Wildman–Crippen MR) is 121 cm³/mol. The number of nitrogens with one attached hydrogen (secondary N) is 1. The van der Waals surface area contributed by atoms with Crippen molar-refractivity contribution in [2.45, 2.75) is 56.5 Å². The summed E-state index contributed by atoms with van der Waals surface area (Å²) < 4.78 is 5.35. The van der Waals surface area contributed by atoms with E-state index in [0.717, 1.165) is 37.7 Å². The topological polar surface area (TPSA) is 58.6 Å². The van der Waals surface area contributed by atoms with Crippen molar-refractivity contribution >= 4 is 23.6 Å². The van der Waals surface area contributed by atoms with Gasteiger partial charge in [-0.2, -0.15) is 0 Å². The van der Waals surface area contributed by atoms with E-state index in [1.807, 2.05) is 17.0 Å². The van der Waals surface area contributed by atoms with Gasteiger partial charge in [-0.05, 0) is 61.3 Å². The van der Waals surface area contributed by atoms with Crippen molar-refractivity contribution in [1.82, 2.24) is 10.2 Å². The summed E-state index contributed by atoms with van der Waals surface area (Å²) >= 11 is 5.87. The second-order valence-electron chi connectivity index (χ2n) is 8.57. The summed E-state index contributed by atoms with van der Waals surface area (Å²) in [6.07, 6.45) is 5.26. The number of hydrogen-bond acceptors (Lipinski definition) is 3. The lowest BCUT2D eigenvalue weighted by Gasteiger charge is -2.44. The fourth-order valence-electron chi connectivity index (χ4n) is 5.03. The van der Waals surface area contributed by atoms with Crippen LogP contribution in [0.4, 0.5) is 4.79 Å².